The van der Waals surface area contributed by atoms with Crippen LogP contribution in [0.1, 0.15) is 54.4 Å². The number of aliphatic hydroxyl groups is 1. The summed E-state index contributed by atoms with van der Waals surface area (Å²) in [5.74, 6) is 0.250. The predicted molar refractivity (Wildman–Crippen MR) is 132 cm³/mol. The van der Waals surface area contributed by atoms with Gasteiger partial charge in [0, 0.05) is 30.7 Å². The number of halogens is 3. The van der Waals surface area contributed by atoms with Crippen LogP contribution in [-0.2, 0) is 11.0 Å². The third kappa shape index (κ3) is 5.62. The Morgan fingerprint density at radius 3 is 2.54 bits per heavy atom. The van der Waals surface area contributed by atoms with E-state index in [1.54, 1.807) is 0 Å². The predicted octanol–water partition coefficient (Wildman–Crippen LogP) is 3.68. The standard InChI is InChI=1S/C28H34F3N3O3/c29-28(30,31)21-6-4-5-20(13-21)26(36)32-16-24(35)33-22-9-12-34(17-22)23-14-18-7-8-19(15-23)25(18)27(37)10-2-1-3-11-27/h1-6,10,13,18-19,22-23,25,37H,7-9,11-12,14-17H2,(H,32,36)(H,33,35). The Morgan fingerprint density at radius 2 is 1.86 bits per heavy atom. The average Bonchev–Trinajstić information content (AvgIpc) is 3.45. The number of hydrogen-bond acceptors (Lipinski definition) is 4. The van der Waals surface area contributed by atoms with Crippen molar-refractivity contribution in [2.75, 3.05) is 19.6 Å². The fourth-order valence-corrected chi connectivity index (χ4v) is 7.10. The van der Waals surface area contributed by atoms with E-state index in [-0.39, 0.29) is 24.1 Å². The van der Waals surface area contributed by atoms with E-state index in [0.717, 1.165) is 57.3 Å². The van der Waals surface area contributed by atoms with Gasteiger partial charge in [0.15, 0.2) is 0 Å². The molecule has 2 amide bonds. The molecule has 0 radical (unpaired) electrons. The zero-order chi connectivity index (χ0) is 26.2. The van der Waals surface area contributed by atoms with Crippen LogP contribution >= 0.6 is 0 Å². The average molecular weight is 518 g/mol. The molecular weight excluding hydrogens is 483 g/mol. The van der Waals surface area contributed by atoms with E-state index < -0.39 is 23.2 Å². The van der Waals surface area contributed by atoms with E-state index in [0.29, 0.717) is 30.2 Å². The zero-order valence-electron chi connectivity index (χ0n) is 20.7. The molecule has 5 rings (SSSR count). The number of nitrogens with one attached hydrogen (secondary N) is 2. The first-order valence-corrected chi connectivity index (χ1v) is 13.2. The van der Waals surface area contributed by atoms with Gasteiger partial charge in [0.2, 0.25) is 5.91 Å². The van der Waals surface area contributed by atoms with Crippen molar-refractivity contribution in [1.82, 2.24) is 15.5 Å². The van der Waals surface area contributed by atoms with Crippen LogP contribution in [0.2, 0.25) is 0 Å². The van der Waals surface area contributed by atoms with Crippen molar-refractivity contribution >= 4 is 11.8 Å². The van der Waals surface area contributed by atoms with Gasteiger partial charge in [-0.25, -0.2) is 0 Å². The topological polar surface area (TPSA) is 81.7 Å². The van der Waals surface area contributed by atoms with Gasteiger partial charge in [0.05, 0.1) is 17.7 Å². The van der Waals surface area contributed by atoms with Crippen LogP contribution < -0.4 is 10.6 Å². The Labute approximate surface area is 215 Å². The molecule has 3 aliphatic carbocycles. The quantitative estimate of drug-likeness (QED) is 0.538. The third-order valence-electron chi connectivity index (χ3n) is 8.69. The summed E-state index contributed by atoms with van der Waals surface area (Å²) in [6.07, 6.45) is 9.42. The fraction of sp³-hybridized carbons (Fsp3) is 0.571. The molecule has 0 spiro atoms. The molecule has 3 N–H and O–H groups in total. The first kappa shape index (κ1) is 26.0. The van der Waals surface area contributed by atoms with Gasteiger partial charge in [0.1, 0.15) is 0 Å². The van der Waals surface area contributed by atoms with Crippen molar-refractivity contribution in [1.29, 1.82) is 0 Å². The van der Waals surface area contributed by atoms with Crippen LogP contribution in [0.25, 0.3) is 0 Å². The molecule has 4 aliphatic rings. The number of benzene rings is 1. The summed E-state index contributed by atoms with van der Waals surface area (Å²) in [5.41, 5.74) is -1.77. The maximum Gasteiger partial charge on any atom is 0.416 e. The molecule has 37 heavy (non-hydrogen) atoms. The van der Waals surface area contributed by atoms with E-state index in [4.69, 9.17) is 0 Å². The fourth-order valence-electron chi connectivity index (χ4n) is 7.10. The number of likely N-dealkylation sites (tertiary alicyclic amines) is 1. The molecule has 1 heterocycles. The Kier molecular flexibility index (Phi) is 7.20. The first-order valence-electron chi connectivity index (χ1n) is 13.2. The van der Waals surface area contributed by atoms with Gasteiger partial charge in [-0.1, -0.05) is 30.4 Å². The monoisotopic (exact) mass is 517 g/mol. The number of carbonyl (C=O) groups is 2. The molecule has 9 heteroatoms. The Balaban J connectivity index is 1.09. The van der Waals surface area contributed by atoms with Crippen LogP contribution in [0.15, 0.2) is 48.6 Å². The molecule has 4 atom stereocenters. The molecule has 2 saturated carbocycles. The van der Waals surface area contributed by atoms with E-state index in [1.165, 1.54) is 12.1 Å². The van der Waals surface area contributed by atoms with Gasteiger partial charge >= 0.3 is 6.18 Å². The van der Waals surface area contributed by atoms with Gasteiger partial charge in [0.25, 0.3) is 5.91 Å². The van der Waals surface area contributed by atoms with Crippen LogP contribution in [0, 0.1) is 17.8 Å². The summed E-state index contributed by atoms with van der Waals surface area (Å²) in [4.78, 5) is 27.2. The van der Waals surface area contributed by atoms with Crippen LogP contribution in [0.5, 0.6) is 0 Å². The summed E-state index contributed by atoms with van der Waals surface area (Å²) >= 11 is 0. The summed E-state index contributed by atoms with van der Waals surface area (Å²) in [5, 5.41) is 16.7. The SMILES string of the molecule is O=C(CNC(=O)c1cccc(C(F)(F)F)c1)NC1CCN(C2CC3CCC(C2)C3C2(O)C=CC=CC2)C1. The number of rotatable bonds is 6. The third-order valence-corrected chi connectivity index (χ3v) is 8.69. The molecule has 1 aromatic rings. The summed E-state index contributed by atoms with van der Waals surface area (Å²) in [7, 11) is 0. The van der Waals surface area contributed by atoms with Gasteiger partial charge in [-0.2, -0.15) is 13.2 Å². The minimum atomic E-state index is -4.54. The second kappa shape index (κ2) is 10.3. The minimum Gasteiger partial charge on any atom is -0.385 e. The van der Waals surface area contributed by atoms with E-state index in [9.17, 15) is 27.9 Å². The summed E-state index contributed by atoms with van der Waals surface area (Å²) < 4.78 is 38.7. The lowest BCUT2D eigenvalue weighted by atomic mass is 9.66. The minimum absolute atomic E-state index is 0.0241. The van der Waals surface area contributed by atoms with Gasteiger partial charge in [-0.3, -0.25) is 14.5 Å². The first-order chi connectivity index (χ1) is 17.6. The highest BCUT2D eigenvalue weighted by Gasteiger charge is 2.52. The highest BCUT2D eigenvalue weighted by molar-refractivity contribution is 5.96. The number of fused-ring (bicyclic) bond motifs is 2. The molecule has 2 bridgehead atoms. The molecule has 1 aliphatic heterocycles. The molecule has 3 fully saturated rings. The number of alkyl halides is 3. The molecule has 200 valence electrons. The van der Waals surface area contributed by atoms with Gasteiger partial charge in [-0.05, 0) is 74.5 Å². The number of nitrogens with zero attached hydrogens (tertiary/aromatic N) is 1. The van der Waals surface area contributed by atoms with Crippen LogP contribution in [0.3, 0.4) is 0 Å². The maximum absolute atomic E-state index is 12.9. The Morgan fingerprint density at radius 1 is 1.11 bits per heavy atom. The molecule has 0 aromatic heterocycles. The second-order valence-corrected chi connectivity index (χ2v) is 11.0. The van der Waals surface area contributed by atoms with Crippen molar-refractivity contribution in [3.63, 3.8) is 0 Å². The van der Waals surface area contributed by atoms with Crippen LogP contribution in [-0.4, -0.2) is 59.1 Å². The lowest BCUT2D eigenvalue weighted by molar-refractivity contribution is -0.137. The smallest absolute Gasteiger partial charge is 0.385 e. The van der Waals surface area contributed by atoms with Crippen molar-refractivity contribution in [2.45, 2.75) is 62.4 Å². The van der Waals surface area contributed by atoms with Crippen molar-refractivity contribution < 1.29 is 27.9 Å². The second-order valence-electron chi connectivity index (χ2n) is 11.0. The Bertz CT molecular complexity index is 1070. The number of allylic oxidation sites excluding steroid dienone is 2. The lowest BCUT2D eigenvalue weighted by Gasteiger charge is -2.46. The van der Waals surface area contributed by atoms with E-state index >= 15 is 0 Å². The highest BCUT2D eigenvalue weighted by Crippen LogP contribution is 2.54. The number of hydrogen-bond donors (Lipinski definition) is 3. The molecule has 1 saturated heterocycles. The lowest BCUT2D eigenvalue weighted by Crippen LogP contribution is -2.49. The molecule has 6 nitrogen and oxygen atoms in total. The van der Waals surface area contributed by atoms with Crippen molar-refractivity contribution in [2.24, 2.45) is 17.8 Å². The molecule has 4 unspecified atom stereocenters. The number of carbonyl (C=O) groups excluding carboxylic acids is 2. The maximum atomic E-state index is 12.9. The molecule has 1 aromatic carbocycles. The van der Waals surface area contributed by atoms with Gasteiger partial charge < -0.3 is 15.7 Å². The summed E-state index contributed by atoms with van der Waals surface area (Å²) in [6.45, 7) is 1.35. The van der Waals surface area contributed by atoms with Gasteiger partial charge in [-0.15, -0.1) is 0 Å². The van der Waals surface area contributed by atoms with E-state index in [1.807, 2.05) is 18.2 Å². The largest absolute Gasteiger partial charge is 0.416 e. The van der Waals surface area contributed by atoms with Crippen molar-refractivity contribution in [3.8, 4) is 0 Å². The van der Waals surface area contributed by atoms with Crippen molar-refractivity contribution in [3.05, 3.63) is 59.7 Å². The summed E-state index contributed by atoms with van der Waals surface area (Å²) in [6, 6.07) is 4.57. The molecular formula is C28H34F3N3O3. The van der Waals surface area contributed by atoms with E-state index in [2.05, 4.69) is 21.6 Å². The normalized spacial score (nSPS) is 33.5. The highest BCUT2D eigenvalue weighted by atomic mass is 19.4. The number of amides is 2. The van der Waals surface area contributed by atoms with Crippen LogP contribution in [0.4, 0.5) is 13.2 Å². The zero-order valence-corrected chi connectivity index (χ0v) is 20.7. The Hall–Kier alpha value is -2.65.